The van der Waals surface area contributed by atoms with E-state index < -0.39 is 0 Å². The fourth-order valence-corrected chi connectivity index (χ4v) is 2.60. The van der Waals surface area contributed by atoms with Crippen molar-refractivity contribution in [3.05, 3.63) is 35.9 Å². The Kier molecular flexibility index (Phi) is 9.79. The molecule has 21 heavy (non-hydrogen) atoms. The molecule has 0 bridgehead atoms. The van der Waals surface area contributed by atoms with Crippen LogP contribution in [0.4, 0.5) is 0 Å². The van der Waals surface area contributed by atoms with Crippen LogP contribution in [-0.4, -0.2) is 37.6 Å². The minimum absolute atomic E-state index is 0.419. The van der Waals surface area contributed by atoms with E-state index in [1.54, 1.807) is 0 Å². The molecule has 1 rings (SSSR count). The molecule has 1 aromatic carbocycles. The molecule has 0 aliphatic heterocycles. The minimum atomic E-state index is 0.419. The van der Waals surface area contributed by atoms with Crippen LogP contribution in [0.25, 0.3) is 0 Å². The number of rotatable bonds is 9. The van der Waals surface area contributed by atoms with Crippen molar-refractivity contribution in [1.82, 2.24) is 10.6 Å². The Hall–Kier alpha value is -1.16. The number of aryl methyl sites for hydroxylation is 1. The van der Waals surface area contributed by atoms with Crippen molar-refractivity contribution in [2.45, 2.75) is 38.6 Å². The fourth-order valence-electron chi connectivity index (χ4n) is 2.11. The predicted molar refractivity (Wildman–Crippen MR) is 96.3 cm³/mol. The second kappa shape index (κ2) is 11.5. The SMILES string of the molecule is CN=C(NCCCCSC)NC(C)CCc1ccccc1. The van der Waals surface area contributed by atoms with Gasteiger partial charge in [-0.3, -0.25) is 4.99 Å². The Labute approximate surface area is 134 Å². The summed E-state index contributed by atoms with van der Waals surface area (Å²) in [6.07, 6.45) is 6.81. The van der Waals surface area contributed by atoms with E-state index in [-0.39, 0.29) is 0 Å². The maximum absolute atomic E-state index is 4.29. The number of aliphatic imine (C=N–C) groups is 1. The summed E-state index contributed by atoms with van der Waals surface area (Å²) in [7, 11) is 1.83. The maximum atomic E-state index is 4.29. The van der Waals surface area contributed by atoms with Gasteiger partial charge in [-0.25, -0.2) is 0 Å². The van der Waals surface area contributed by atoms with Crippen LogP contribution in [0.5, 0.6) is 0 Å². The molecule has 3 nitrogen and oxygen atoms in total. The van der Waals surface area contributed by atoms with E-state index in [1.807, 2.05) is 18.8 Å². The number of thioether (sulfide) groups is 1. The van der Waals surface area contributed by atoms with E-state index >= 15 is 0 Å². The first kappa shape index (κ1) is 17.9. The molecule has 0 fully saturated rings. The molecule has 1 atom stereocenters. The summed E-state index contributed by atoms with van der Waals surface area (Å²) in [5.41, 5.74) is 1.39. The monoisotopic (exact) mass is 307 g/mol. The molecular formula is C17H29N3S. The van der Waals surface area contributed by atoms with Gasteiger partial charge in [0.1, 0.15) is 0 Å². The molecule has 0 spiro atoms. The summed E-state index contributed by atoms with van der Waals surface area (Å²) < 4.78 is 0. The van der Waals surface area contributed by atoms with Gasteiger partial charge in [0.05, 0.1) is 0 Å². The lowest BCUT2D eigenvalue weighted by molar-refractivity contribution is 0.591. The second-order valence-corrected chi connectivity index (χ2v) is 6.25. The van der Waals surface area contributed by atoms with Crippen molar-refractivity contribution >= 4 is 17.7 Å². The molecule has 0 aliphatic rings. The molecule has 1 aromatic rings. The zero-order valence-corrected chi connectivity index (χ0v) is 14.4. The Morgan fingerprint density at radius 3 is 2.67 bits per heavy atom. The molecule has 1 unspecified atom stereocenters. The van der Waals surface area contributed by atoms with Gasteiger partial charge in [-0.2, -0.15) is 11.8 Å². The van der Waals surface area contributed by atoms with Crippen molar-refractivity contribution in [1.29, 1.82) is 0 Å². The highest BCUT2D eigenvalue weighted by molar-refractivity contribution is 7.98. The normalized spacial score (nSPS) is 13.0. The maximum Gasteiger partial charge on any atom is 0.191 e. The molecule has 0 radical (unpaired) electrons. The van der Waals surface area contributed by atoms with E-state index in [9.17, 15) is 0 Å². The van der Waals surface area contributed by atoms with Crippen LogP contribution in [0.15, 0.2) is 35.3 Å². The van der Waals surface area contributed by atoms with E-state index in [0.717, 1.165) is 25.3 Å². The summed E-state index contributed by atoms with van der Waals surface area (Å²) in [4.78, 5) is 4.29. The molecule has 0 amide bonds. The third kappa shape index (κ3) is 8.66. The first-order valence-electron chi connectivity index (χ1n) is 7.76. The molecule has 0 heterocycles. The number of nitrogens with one attached hydrogen (secondary N) is 2. The van der Waals surface area contributed by atoms with Crippen LogP contribution in [-0.2, 0) is 6.42 Å². The zero-order valence-electron chi connectivity index (χ0n) is 13.6. The second-order valence-electron chi connectivity index (χ2n) is 5.27. The van der Waals surface area contributed by atoms with Crippen LogP contribution in [0.1, 0.15) is 31.7 Å². The Balaban J connectivity index is 2.20. The van der Waals surface area contributed by atoms with Crippen LogP contribution >= 0.6 is 11.8 Å². The van der Waals surface area contributed by atoms with Gasteiger partial charge in [-0.05, 0) is 50.2 Å². The molecule has 0 saturated carbocycles. The third-order valence-electron chi connectivity index (χ3n) is 3.38. The summed E-state index contributed by atoms with van der Waals surface area (Å²) in [6.45, 7) is 3.20. The molecule has 0 aliphatic carbocycles. The highest BCUT2D eigenvalue weighted by atomic mass is 32.2. The van der Waals surface area contributed by atoms with Gasteiger partial charge in [0.2, 0.25) is 0 Å². The van der Waals surface area contributed by atoms with E-state index in [4.69, 9.17) is 0 Å². The first-order valence-corrected chi connectivity index (χ1v) is 9.15. The van der Waals surface area contributed by atoms with E-state index in [0.29, 0.717) is 6.04 Å². The van der Waals surface area contributed by atoms with Gasteiger partial charge in [-0.1, -0.05) is 30.3 Å². The van der Waals surface area contributed by atoms with Crippen molar-refractivity contribution < 1.29 is 0 Å². The van der Waals surface area contributed by atoms with Gasteiger partial charge in [0.15, 0.2) is 5.96 Å². The summed E-state index contributed by atoms with van der Waals surface area (Å²) in [5, 5.41) is 6.85. The molecule has 0 saturated heterocycles. The standard InChI is InChI=1S/C17H29N3S/c1-15(11-12-16-9-5-4-6-10-16)20-17(18-2)19-13-7-8-14-21-3/h4-6,9-10,15H,7-8,11-14H2,1-3H3,(H2,18,19,20). The summed E-state index contributed by atoms with van der Waals surface area (Å²) >= 11 is 1.91. The third-order valence-corrected chi connectivity index (χ3v) is 4.08. The zero-order chi connectivity index (χ0) is 15.3. The van der Waals surface area contributed by atoms with Crippen molar-refractivity contribution in [3.63, 3.8) is 0 Å². The number of hydrogen-bond donors (Lipinski definition) is 2. The molecule has 118 valence electrons. The number of guanidine groups is 1. The van der Waals surface area contributed by atoms with Crippen LogP contribution in [0.3, 0.4) is 0 Å². The molecular weight excluding hydrogens is 278 g/mol. The quantitative estimate of drug-likeness (QED) is 0.417. The average molecular weight is 308 g/mol. The van der Waals surface area contributed by atoms with Gasteiger partial charge >= 0.3 is 0 Å². The van der Waals surface area contributed by atoms with Crippen molar-refractivity contribution in [3.8, 4) is 0 Å². The fraction of sp³-hybridized carbons (Fsp3) is 0.588. The highest BCUT2D eigenvalue weighted by Crippen LogP contribution is 2.04. The lowest BCUT2D eigenvalue weighted by Crippen LogP contribution is -2.42. The summed E-state index contributed by atoms with van der Waals surface area (Å²) in [5.74, 6) is 2.15. The van der Waals surface area contributed by atoms with E-state index in [2.05, 4.69) is 59.1 Å². The summed E-state index contributed by atoms with van der Waals surface area (Å²) in [6, 6.07) is 11.1. The minimum Gasteiger partial charge on any atom is -0.356 e. The van der Waals surface area contributed by atoms with Crippen LogP contribution < -0.4 is 10.6 Å². The topological polar surface area (TPSA) is 36.4 Å². The lowest BCUT2D eigenvalue weighted by atomic mass is 10.1. The van der Waals surface area contributed by atoms with Gasteiger partial charge < -0.3 is 10.6 Å². The van der Waals surface area contributed by atoms with Gasteiger partial charge in [-0.15, -0.1) is 0 Å². The Morgan fingerprint density at radius 2 is 2.00 bits per heavy atom. The molecule has 0 aromatic heterocycles. The van der Waals surface area contributed by atoms with Crippen LogP contribution in [0, 0.1) is 0 Å². The number of benzene rings is 1. The van der Waals surface area contributed by atoms with Gasteiger partial charge in [0.25, 0.3) is 0 Å². The van der Waals surface area contributed by atoms with Crippen molar-refractivity contribution in [2.24, 2.45) is 4.99 Å². The van der Waals surface area contributed by atoms with Crippen molar-refractivity contribution in [2.75, 3.05) is 25.6 Å². The van der Waals surface area contributed by atoms with Crippen LogP contribution in [0.2, 0.25) is 0 Å². The average Bonchev–Trinajstić information content (AvgIpc) is 2.52. The first-order chi connectivity index (χ1) is 10.3. The predicted octanol–water partition coefficient (Wildman–Crippen LogP) is 3.32. The smallest absolute Gasteiger partial charge is 0.191 e. The highest BCUT2D eigenvalue weighted by Gasteiger charge is 2.05. The Bertz CT molecular complexity index is 392. The Morgan fingerprint density at radius 1 is 1.24 bits per heavy atom. The van der Waals surface area contributed by atoms with Gasteiger partial charge in [0, 0.05) is 19.6 Å². The number of unbranched alkanes of at least 4 members (excludes halogenated alkanes) is 1. The number of nitrogens with zero attached hydrogens (tertiary/aromatic N) is 1. The largest absolute Gasteiger partial charge is 0.356 e. The lowest BCUT2D eigenvalue weighted by Gasteiger charge is -2.18. The van der Waals surface area contributed by atoms with E-state index in [1.165, 1.54) is 24.2 Å². The number of hydrogen-bond acceptors (Lipinski definition) is 2. The molecule has 2 N–H and O–H groups in total. The molecule has 4 heteroatoms.